The van der Waals surface area contributed by atoms with Crippen LogP contribution in [0, 0.1) is 0 Å². The Balaban J connectivity index is 0.000000165. The van der Waals surface area contributed by atoms with Crippen molar-refractivity contribution in [3.8, 4) is 0 Å². The zero-order chi connectivity index (χ0) is 19.3. The molecule has 0 N–H and O–H groups in total. The Kier molecular flexibility index (Phi) is 5.73. The summed E-state index contributed by atoms with van der Waals surface area (Å²) in [5, 5.41) is 7.22. The Morgan fingerprint density at radius 2 is 1.68 bits per heavy atom. The van der Waals surface area contributed by atoms with E-state index in [9.17, 15) is 9.59 Å². The highest BCUT2D eigenvalue weighted by Crippen LogP contribution is 2.33. The first-order chi connectivity index (χ1) is 13.8. The number of fused-ring (bicyclic) bond motifs is 5. The van der Waals surface area contributed by atoms with E-state index in [-0.39, 0.29) is 5.25 Å². The van der Waals surface area contributed by atoms with E-state index in [0.29, 0.717) is 5.57 Å². The molecule has 0 aromatic heterocycles. The number of hydrogen-bond donors (Lipinski definition) is 0. The number of allylic oxidation sites excluding steroid dienone is 2. The van der Waals surface area contributed by atoms with Gasteiger partial charge in [-0.15, -0.1) is 11.8 Å². The summed E-state index contributed by atoms with van der Waals surface area (Å²) in [4.78, 5) is 20.3. The minimum absolute atomic E-state index is 0.108. The van der Waals surface area contributed by atoms with Gasteiger partial charge in [0, 0.05) is 5.57 Å². The smallest absolute Gasteiger partial charge is 0.150 e. The van der Waals surface area contributed by atoms with Crippen molar-refractivity contribution in [2.75, 3.05) is 0 Å². The molecule has 0 bridgehead atoms. The monoisotopic (exact) mass is 386 g/mol. The third-order valence-electron chi connectivity index (χ3n) is 5.37. The van der Waals surface area contributed by atoms with Crippen molar-refractivity contribution in [3.63, 3.8) is 0 Å². The van der Waals surface area contributed by atoms with Gasteiger partial charge in [-0.25, -0.2) is 0 Å². The predicted octanol–water partition coefficient (Wildman–Crippen LogP) is 5.81. The number of aldehydes is 2. The maximum atomic E-state index is 10.2. The lowest BCUT2D eigenvalue weighted by Gasteiger charge is -2.18. The van der Waals surface area contributed by atoms with Gasteiger partial charge in [-0.2, -0.15) is 0 Å². The molecule has 1 atom stereocenters. The second-order valence-electron chi connectivity index (χ2n) is 7.12. The van der Waals surface area contributed by atoms with Gasteiger partial charge in [-0.1, -0.05) is 60.7 Å². The summed E-state index contributed by atoms with van der Waals surface area (Å²) in [6, 6.07) is 18.0. The molecule has 3 aromatic rings. The highest BCUT2D eigenvalue weighted by Gasteiger charge is 2.13. The highest BCUT2D eigenvalue weighted by molar-refractivity contribution is 8.03. The van der Waals surface area contributed by atoms with Crippen LogP contribution in [0.2, 0.25) is 0 Å². The van der Waals surface area contributed by atoms with Crippen LogP contribution < -0.4 is 0 Å². The van der Waals surface area contributed by atoms with E-state index in [1.54, 1.807) is 28.7 Å². The Hall–Kier alpha value is -2.65. The van der Waals surface area contributed by atoms with Gasteiger partial charge in [0.15, 0.2) is 6.29 Å². The van der Waals surface area contributed by atoms with Gasteiger partial charge in [0.2, 0.25) is 0 Å². The fourth-order valence-corrected chi connectivity index (χ4v) is 4.62. The first kappa shape index (κ1) is 18.7. The van der Waals surface area contributed by atoms with E-state index < -0.39 is 0 Å². The lowest BCUT2D eigenvalue weighted by Crippen LogP contribution is -2.02. The Labute approximate surface area is 169 Å². The van der Waals surface area contributed by atoms with Crippen LogP contribution >= 0.6 is 11.8 Å². The van der Waals surface area contributed by atoms with Crippen LogP contribution in [0.4, 0.5) is 0 Å². The Morgan fingerprint density at radius 3 is 2.46 bits per heavy atom. The van der Waals surface area contributed by atoms with Crippen LogP contribution in [0.15, 0.2) is 71.7 Å². The standard InChI is InChI=1S/C18H16.C7H6O2S/c1-3-7-15-13(5-1)9-11-18-16-8-4-2-6-14(16)10-12-17(15)18;8-3-6-1-2-7(4-9)10-5-6/h1,3,5,7,9-12H,2,4,6,8H2;1-5,7H. The quantitative estimate of drug-likeness (QED) is 0.412. The largest absolute Gasteiger partial charge is 0.302 e. The van der Waals surface area contributed by atoms with Crippen molar-refractivity contribution in [2.24, 2.45) is 0 Å². The number of rotatable bonds is 2. The van der Waals surface area contributed by atoms with Crippen LogP contribution in [0.1, 0.15) is 24.0 Å². The van der Waals surface area contributed by atoms with Crippen molar-refractivity contribution in [3.05, 3.63) is 82.8 Å². The fourth-order valence-electron chi connectivity index (χ4n) is 3.93. The summed E-state index contributed by atoms with van der Waals surface area (Å²) in [5.41, 5.74) is 3.80. The van der Waals surface area contributed by atoms with Crippen molar-refractivity contribution in [1.82, 2.24) is 0 Å². The average molecular weight is 387 g/mol. The molecule has 0 spiro atoms. The molecule has 1 aliphatic heterocycles. The molecule has 28 heavy (non-hydrogen) atoms. The molecule has 0 radical (unpaired) electrons. The summed E-state index contributed by atoms with van der Waals surface area (Å²) >= 11 is 1.35. The second-order valence-corrected chi connectivity index (χ2v) is 8.18. The minimum Gasteiger partial charge on any atom is -0.302 e. The van der Waals surface area contributed by atoms with Crippen LogP contribution in [-0.4, -0.2) is 17.8 Å². The first-order valence-electron chi connectivity index (χ1n) is 9.66. The molecular weight excluding hydrogens is 364 g/mol. The molecule has 0 amide bonds. The van der Waals surface area contributed by atoms with Crippen LogP contribution in [0.5, 0.6) is 0 Å². The average Bonchev–Trinajstić information content (AvgIpc) is 2.79. The van der Waals surface area contributed by atoms with Gasteiger partial charge in [0.25, 0.3) is 0 Å². The lowest BCUT2D eigenvalue weighted by molar-refractivity contribution is -0.107. The molecule has 1 aliphatic carbocycles. The summed E-state index contributed by atoms with van der Waals surface area (Å²) in [6.07, 6.45) is 10.2. The van der Waals surface area contributed by atoms with Crippen molar-refractivity contribution in [1.29, 1.82) is 0 Å². The van der Waals surface area contributed by atoms with Crippen molar-refractivity contribution < 1.29 is 9.59 Å². The van der Waals surface area contributed by atoms with E-state index in [4.69, 9.17) is 0 Å². The van der Waals surface area contributed by atoms with Gasteiger partial charge in [-0.3, -0.25) is 4.79 Å². The lowest BCUT2D eigenvalue weighted by atomic mass is 9.86. The second kappa shape index (κ2) is 8.57. The molecule has 1 unspecified atom stereocenters. The van der Waals surface area contributed by atoms with E-state index in [1.807, 2.05) is 0 Å². The van der Waals surface area contributed by atoms with Gasteiger partial charge in [-0.05, 0) is 63.8 Å². The normalized spacial score (nSPS) is 18.0. The SMILES string of the molecule is O=CC1=CSC(C=O)C=C1.c1ccc2c(c1)ccc1c3c(ccc12)CCCC3. The molecule has 0 saturated heterocycles. The summed E-state index contributed by atoms with van der Waals surface area (Å²) in [5.74, 6) is 0. The van der Waals surface area contributed by atoms with E-state index >= 15 is 0 Å². The van der Waals surface area contributed by atoms with Gasteiger partial charge >= 0.3 is 0 Å². The van der Waals surface area contributed by atoms with Crippen LogP contribution in [0.25, 0.3) is 21.5 Å². The maximum Gasteiger partial charge on any atom is 0.150 e. The molecule has 0 fully saturated rings. The molecule has 2 nitrogen and oxygen atoms in total. The Bertz CT molecular complexity index is 1090. The highest BCUT2D eigenvalue weighted by atomic mass is 32.2. The molecule has 3 heteroatoms. The number of benzene rings is 3. The summed E-state index contributed by atoms with van der Waals surface area (Å²) in [7, 11) is 0. The molecule has 5 rings (SSSR count). The number of hydrogen-bond acceptors (Lipinski definition) is 3. The first-order valence-corrected chi connectivity index (χ1v) is 10.6. The van der Waals surface area contributed by atoms with E-state index in [2.05, 4.69) is 48.5 Å². The van der Waals surface area contributed by atoms with Gasteiger partial charge in [0.1, 0.15) is 6.29 Å². The number of thioether (sulfide) groups is 1. The third-order valence-corrected chi connectivity index (χ3v) is 6.36. The van der Waals surface area contributed by atoms with Gasteiger partial charge in [0.05, 0.1) is 5.25 Å². The number of carbonyl (C=O) groups is 2. The van der Waals surface area contributed by atoms with Gasteiger partial charge < -0.3 is 4.79 Å². The Morgan fingerprint density at radius 1 is 0.857 bits per heavy atom. The van der Waals surface area contributed by atoms with E-state index in [0.717, 1.165) is 12.6 Å². The van der Waals surface area contributed by atoms with Crippen molar-refractivity contribution in [2.45, 2.75) is 30.9 Å². The van der Waals surface area contributed by atoms with Crippen LogP contribution in [-0.2, 0) is 22.4 Å². The molecule has 3 aromatic carbocycles. The summed E-state index contributed by atoms with van der Waals surface area (Å²) in [6.45, 7) is 0. The predicted molar refractivity (Wildman–Crippen MR) is 119 cm³/mol. The molecule has 0 saturated carbocycles. The number of carbonyl (C=O) groups excluding carboxylic acids is 2. The molecule has 2 aliphatic rings. The maximum absolute atomic E-state index is 10.2. The molecule has 140 valence electrons. The van der Waals surface area contributed by atoms with Crippen molar-refractivity contribution >= 4 is 45.9 Å². The third kappa shape index (κ3) is 3.81. The van der Waals surface area contributed by atoms with Crippen LogP contribution in [0.3, 0.4) is 0 Å². The fraction of sp³-hybridized carbons (Fsp3) is 0.200. The topological polar surface area (TPSA) is 34.1 Å². The number of aryl methyl sites for hydroxylation is 2. The zero-order valence-corrected chi connectivity index (χ0v) is 16.5. The van der Waals surface area contributed by atoms with E-state index in [1.165, 1.54) is 59.0 Å². The molecule has 1 heterocycles. The molecular formula is C25H22O2S. The summed E-state index contributed by atoms with van der Waals surface area (Å²) < 4.78 is 0. The zero-order valence-electron chi connectivity index (χ0n) is 15.6. The minimum atomic E-state index is -0.108.